The Morgan fingerprint density at radius 3 is 1.33 bits per heavy atom. The van der Waals surface area contributed by atoms with E-state index in [-0.39, 0.29) is 6.92 Å². The molecule has 15 heteroatoms. The molecule has 0 aliphatic carbocycles. The largest absolute Gasteiger partial charge is 0.481 e. The van der Waals surface area contributed by atoms with Crippen molar-refractivity contribution in [2.75, 3.05) is 0 Å². The van der Waals surface area contributed by atoms with Crippen molar-refractivity contribution in [3.63, 3.8) is 0 Å². The third-order valence-electron chi connectivity index (χ3n) is 3.89. The lowest BCUT2D eigenvalue weighted by molar-refractivity contribution is -0.443. The number of rotatable bonds is 8. The molecule has 0 bridgehead atoms. The van der Waals surface area contributed by atoms with Crippen molar-refractivity contribution in [2.24, 2.45) is 11.8 Å². The summed E-state index contributed by atoms with van der Waals surface area (Å²) in [4.78, 5) is 10.7. The number of hydrogen-bond donors (Lipinski definition) is 1. The van der Waals surface area contributed by atoms with Gasteiger partial charge in [0, 0.05) is 5.92 Å². The zero-order valence-electron chi connectivity index (χ0n) is 13.1. The molecule has 0 radical (unpaired) electrons. The molecule has 0 rings (SSSR count). The van der Waals surface area contributed by atoms with Crippen LogP contribution < -0.4 is 0 Å². The number of carbonyl (C=O) groups is 1. The molecule has 0 spiro atoms. The zero-order chi connectivity index (χ0) is 22.4. The van der Waals surface area contributed by atoms with Crippen LogP contribution in [-0.2, 0) is 4.79 Å². The van der Waals surface area contributed by atoms with Gasteiger partial charge in [-0.25, -0.2) is 0 Å². The summed E-state index contributed by atoms with van der Waals surface area (Å²) in [6.45, 7) is 0.736. The molecular weight excluding hydrogens is 423 g/mol. The van der Waals surface area contributed by atoms with Gasteiger partial charge in [-0.3, -0.25) is 4.79 Å². The Bertz CT molecular complexity index is 552. The highest BCUT2D eigenvalue weighted by atomic mass is 19.4. The smallest absolute Gasteiger partial charge is 0.460 e. The fraction of sp³-hybridized carbons (Fsp3) is 0.917. The molecule has 0 saturated heterocycles. The number of carboxylic acid groups (broad SMARTS) is 1. The van der Waals surface area contributed by atoms with Crippen LogP contribution in [0.3, 0.4) is 0 Å². The Morgan fingerprint density at radius 2 is 1.07 bits per heavy atom. The minimum atomic E-state index is -7.99. The lowest BCUT2D eigenvalue weighted by Crippen LogP contribution is -2.71. The van der Waals surface area contributed by atoms with E-state index in [4.69, 9.17) is 5.11 Å². The van der Waals surface area contributed by atoms with Crippen LogP contribution in [0.25, 0.3) is 0 Å². The molecule has 0 fully saturated rings. The maximum atomic E-state index is 13.8. The summed E-state index contributed by atoms with van der Waals surface area (Å²) in [6.07, 6.45) is -8.38. The van der Waals surface area contributed by atoms with E-state index >= 15 is 0 Å². The van der Waals surface area contributed by atoms with Crippen molar-refractivity contribution in [2.45, 2.75) is 56.1 Å². The summed E-state index contributed by atoms with van der Waals surface area (Å²) in [5, 5.41) is 8.59. The third-order valence-corrected chi connectivity index (χ3v) is 3.89. The van der Waals surface area contributed by atoms with E-state index in [1.54, 1.807) is 0 Å². The molecule has 2 unspecified atom stereocenters. The van der Waals surface area contributed by atoms with Crippen LogP contribution in [0.2, 0.25) is 0 Å². The predicted octanol–water partition coefficient (Wildman–Crippen LogP) is 5.47. The average molecular weight is 434 g/mol. The van der Waals surface area contributed by atoms with E-state index < -0.39 is 60.0 Å². The molecule has 2 atom stereocenters. The van der Waals surface area contributed by atoms with Gasteiger partial charge in [-0.15, -0.1) is 0 Å². The molecule has 0 saturated carbocycles. The minimum Gasteiger partial charge on any atom is -0.481 e. The van der Waals surface area contributed by atoms with Gasteiger partial charge in [0.15, 0.2) is 0 Å². The topological polar surface area (TPSA) is 37.3 Å². The van der Waals surface area contributed by atoms with Gasteiger partial charge in [-0.2, -0.15) is 57.1 Å². The fourth-order valence-corrected chi connectivity index (χ4v) is 2.06. The van der Waals surface area contributed by atoms with Crippen molar-refractivity contribution in [1.82, 2.24) is 0 Å². The van der Waals surface area contributed by atoms with E-state index in [1.807, 2.05) is 0 Å². The molecule has 0 aliphatic heterocycles. The van der Waals surface area contributed by atoms with Crippen LogP contribution in [0, 0.1) is 11.8 Å². The van der Waals surface area contributed by atoms with Crippen molar-refractivity contribution >= 4 is 5.97 Å². The first kappa shape index (κ1) is 25.6. The number of hydrogen-bond acceptors (Lipinski definition) is 1. The quantitative estimate of drug-likeness (QED) is 0.515. The van der Waals surface area contributed by atoms with E-state index in [1.165, 1.54) is 0 Å². The fourth-order valence-electron chi connectivity index (χ4n) is 2.06. The van der Waals surface area contributed by atoms with Crippen LogP contribution in [0.4, 0.5) is 57.1 Å². The van der Waals surface area contributed by atoms with Gasteiger partial charge >= 0.3 is 41.8 Å². The second kappa shape index (κ2) is 6.87. The Balaban J connectivity index is 6.42. The van der Waals surface area contributed by atoms with Crippen LogP contribution in [-0.4, -0.2) is 46.9 Å². The normalized spacial score (nSPS) is 17.6. The highest BCUT2D eigenvalue weighted by Crippen LogP contribution is 2.61. The van der Waals surface area contributed by atoms with Gasteiger partial charge in [-0.05, 0) is 6.42 Å². The maximum Gasteiger partial charge on any atom is 0.460 e. The van der Waals surface area contributed by atoms with Crippen molar-refractivity contribution in [3.05, 3.63) is 0 Å². The van der Waals surface area contributed by atoms with Crippen molar-refractivity contribution in [1.29, 1.82) is 0 Å². The first-order chi connectivity index (χ1) is 11.6. The lowest BCUT2D eigenvalue weighted by Gasteiger charge is -2.42. The number of alkyl halides is 13. The monoisotopic (exact) mass is 434 g/mol. The molecule has 1 N–H and O–H groups in total. The Labute approximate surface area is 142 Å². The van der Waals surface area contributed by atoms with Gasteiger partial charge in [0.1, 0.15) is 0 Å². The number of aliphatic carboxylic acids is 1. The zero-order valence-corrected chi connectivity index (χ0v) is 13.1. The second-order valence-corrected chi connectivity index (χ2v) is 5.56. The van der Waals surface area contributed by atoms with E-state index in [0.29, 0.717) is 0 Å². The van der Waals surface area contributed by atoms with Gasteiger partial charge in [-0.1, -0.05) is 13.8 Å². The van der Waals surface area contributed by atoms with Crippen LogP contribution in [0.15, 0.2) is 0 Å². The van der Waals surface area contributed by atoms with Crippen LogP contribution >= 0.6 is 0 Å². The molecular formula is C12H11F13O2. The highest BCUT2D eigenvalue weighted by molar-refractivity contribution is 5.70. The lowest BCUT2D eigenvalue weighted by atomic mass is 9.80. The van der Waals surface area contributed by atoms with Gasteiger partial charge in [0.05, 0.1) is 5.92 Å². The Kier molecular flexibility index (Phi) is 6.50. The first-order valence-corrected chi connectivity index (χ1v) is 6.74. The van der Waals surface area contributed by atoms with Crippen LogP contribution in [0.5, 0.6) is 0 Å². The molecule has 0 aromatic carbocycles. The summed E-state index contributed by atoms with van der Waals surface area (Å²) in [5.41, 5.74) is 0. The van der Waals surface area contributed by atoms with Crippen LogP contribution in [0.1, 0.15) is 20.3 Å². The maximum absolute atomic E-state index is 13.8. The third kappa shape index (κ3) is 3.52. The summed E-state index contributed by atoms with van der Waals surface area (Å²) >= 11 is 0. The summed E-state index contributed by atoms with van der Waals surface area (Å²) in [7, 11) is 0. The van der Waals surface area contributed by atoms with Crippen molar-refractivity contribution < 1.29 is 67.0 Å². The molecule has 0 aromatic rings. The molecule has 162 valence electrons. The Hall–Kier alpha value is -1.44. The van der Waals surface area contributed by atoms with Crippen molar-refractivity contribution in [3.8, 4) is 0 Å². The molecule has 27 heavy (non-hydrogen) atoms. The number of carboxylic acids is 1. The summed E-state index contributed by atoms with van der Waals surface area (Å²) < 4.78 is 168. The summed E-state index contributed by atoms with van der Waals surface area (Å²) in [5.74, 6) is -45.7. The molecule has 0 heterocycles. The molecule has 0 aliphatic rings. The first-order valence-electron chi connectivity index (χ1n) is 6.74. The molecule has 0 amide bonds. The van der Waals surface area contributed by atoms with E-state index in [0.717, 1.165) is 6.92 Å². The highest BCUT2D eigenvalue weighted by Gasteiger charge is 2.91. The second-order valence-electron chi connectivity index (χ2n) is 5.56. The minimum absolute atomic E-state index is 0.0771. The Morgan fingerprint density at radius 1 is 0.741 bits per heavy atom. The van der Waals surface area contributed by atoms with Gasteiger partial charge in [0.25, 0.3) is 0 Å². The molecule has 2 nitrogen and oxygen atoms in total. The average Bonchev–Trinajstić information content (AvgIpc) is 2.45. The standard InChI is InChI=1S/C12H11F13O2/c1-3-5(6(26)27)4(2)7(13,14)8(15,16)9(17,18)10(19,20)11(21,22)12(23,24)25/h4-5H,3H2,1-2H3,(H,26,27). The predicted molar refractivity (Wildman–Crippen MR) is 61.4 cm³/mol. The van der Waals surface area contributed by atoms with E-state index in [2.05, 4.69) is 0 Å². The molecule has 0 aromatic heterocycles. The summed E-state index contributed by atoms with van der Waals surface area (Å²) in [6, 6.07) is 0. The van der Waals surface area contributed by atoms with Gasteiger partial charge < -0.3 is 5.11 Å². The SMILES string of the molecule is CCC(C(=O)O)C(C)C(F)(F)C(F)(F)C(F)(F)C(F)(F)C(F)(F)C(F)(F)F. The number of halogens is 13. The van der Waals surface area contributed by atoms with Gasteiger partial charge in [0.2, 0.25) is 0 Å². The van der Waals surface area contributed by atoms with E-state index in [9.17, 15) is 61.9 Å².